The first-order valence-corrected chi connectivity index (χ1v) is 9.96. The Balaban J connectivity index is 1.53. The molecule has 3 amide bonds. The molecule has 1 heterocycles. The van der Waals surface area contributed by atoms with Crippen molar-refractivity contribution in [2.24, 2.45) is 0 Å². The highest BCUT2D eigenvalue weighted by Gasteiger charge is 2.59. The average Bonchev–Trinajstić information content (AvgIpc) is 3.23. The van der Waals surface area contributed by atoms with Crippen LogP contribution in [0.4, 0.5) is 4.79 Å². The van der Waals surface area contributed by atoms with Crippen molar-refractivity contribution in [2.45, 2.75) is 31.5 Å². The fraction of sp³-hybridized carbons (Fsp3) is 0.200. The molecule has 1 fully saturated rings. The second-order valence-corrected chi connectivity index (χ2v) is 7.89. The van der Waals surface area contributed by atoms with Gasteiger partial charge in [-0.15, -0.1) is 0 Å². The van der Waals surface area contributed by atoms with E-state index in [1.165, 1.54) is 4.90 Å². The van der Waals surface area contributed by atoms with Crippen LogP contribution in [0.5, 0.6) is 0 Å². The number of amides is 3. The Kier molecular flexibility index (Phi) is 4.20. The van der Waals surface area contributed by atoms with Gasteiger partial charge in [-0.25, -0.2) is 4.79 Å². The van der Waals surface area contributed by atoms with Crippen molar-refractivity contribution < 1.29 is 9.59 Å². The van der Waals surface area contributed by atoms with Gasteiger partial charge in [0, 0.05) is 19.4 Å². The number of fused-ring (bicyclic) bond motifs is 1. The summed E-state index contributed by atoms with van der Waals surface area (Å²) in [6.45, 7) is 0.743. The first-order valence-electron chi connectivity index (χ1n) is 9.96. The van der Waals surface area contributed by atoms with E-state index in [4.69, 9.17) is 0 Å². The average molecular weight is 382 g/mol. The van der Waals surface area contributed by atoms with E-state index in [-0.39, 0.29) is 11.9 Å². The van der Waals surface area contributed by atoms with Crippen molar-refractivity contribution in [1.82, 2.24) is 9.80 Å². The fourth-order valence-electron chi connectivity index (χ4n) is 4.61. The number of hydrogen-bond donors (Lipinski definition) is 0. The second-order valence-electron chi connectivity index (χ2n) is 7.89. The van der Waals surface area contributed by atoms with Crippen LogP contribution in [0, 0.1) is 0 Å². The fourth-order valence-corrected chi connectivity index (χ4v) is 4.61. The van der Waals surface area contributed by atoms with Crippen molar-refractivity contribution in [3.8, 4) is 0 Å². The number of urea groups is 1. The van der Waals surface area contributed by atoms with Crippen LogP contribution in [-0.4, -0.2) is 27.3 Å². The molecular formula is C25H22N2O2. The molecule has 0 atom stereocenters. The van der Waals surface area contributed by atoms with E-state index >= 15 is 0 Å². The summed E-state index contributed by atoms with van der Waals surface area (Å²) in [4.78, 5) is 30.4. The van der Waals surface area contributed by atoms with E-state index in [0.29, 0.717) is 25.9 Å². The van der Waals surface area contributed by atoms with Crippen LogP contribution < -0.4 is 0 Å². The summed E-state index contributed by atoms with van der Waals surface area (Å²) in [5.74, 6) is -0.0847. The minimum atomic E-state index is -0.828. The highest BCUT2D eigenvalue weighted by atomic mass is 16.2. The molecule has 3 aromatic rings. The van der Waals surface area contributed by atoms with Gasteiger partial charge in [0.05, 0.1) is 6.54 Å². The number of imide groups is 1. The van der Waals surface area contributed by atoms with Gasteiger partial charge in [0.25, 0.3) is 5.91 Å². The number of hydrogen-bond acceptors (Lipinski definition) is 2. The Morgan fingerprint density at radius 1 is 0.655 bits per heavy atom. The number of benzene rings is 3. The zero-order chi connectivity index (χ0) is 19.8. The van der Waals surface area contributed by atoms with Crippen LogP contribution in [0.3, 0.4) is 0 Å². The lowest BCUT2D eigenvalue weighted by molar-refractivity contribution is -0.133. The lowest BCUT2D eigenvalue weighted by Gasteiger charge is -2.31. The first kappa shape index (κ1) is 17.7. The monoisotopic (exact) mass is 382 g/mol. The lowest BCUT2D eigenvalue weighted by atomic mass is 9.93. The minimum Gasteiger partial charge on any atom is -0.305 e. The van der Waals surface area contributed by atoms with Crippen LogP contribution >= 0.6 is 0 Å². The zero-order valence-electron chi connectivity index (χ0n) is 16.1. The molecule has 4 heteroatoms. The normalized spacial score (nSPS) is 17.2. The maximum atomic E-state index is 13.7. The van der Waals surface area contributed by atoms with E-state index in [1.54, 1.807) is 4.90 Å². The molecule has 2 aliphatic rings. The molecule has 3 aromatic carbocycles. The molecule has 1 aliphatic heterocycles. The van der Waals surface area contributed by atoms with Crippen LogP contribution in [0.2, 0.25) is 0 Å². The topological polar surface area (TPSA) is 40.6 Å². The quantitative estimate of drug-likeness (QED) is 0.635. The number of carbonyl (C=O) groups is 2. The molecule has 5 rings (SSSR count). The highest BCUT2D eigenvalue weighted by Crippen LogP contribution is 2.42. The zero-order valence-corrected chi connectivity index (χ0v) is 16.1. The third-order valence-corrected chi connectivity index (χ3v) is 6.07. The predicted octanol–water partition coefficient (Wildman–Crippen LogP) is 4.19. The maximum Gasteiger partial charge on any atom is 0.328 e. The summed E-state index contributed by atoms with van der Waals surface area (Å²) >= 11 is 0. The van der Waals surface area contributed by atoms with E-state index in [9.17, 15) is 9.59 Å². The molecule has 0 N–H and O–H groups in total. The van der Waals surface area contributed by atoms with E-state index in [2.05, 4.69) is 12.1 Å². The van der Waals surface area contributed by atoms with Crippen LogP contribution in [-0.2, 0) is 30.7 Å². The van der Waals surface area contributed by atoms with Crippen molar-refractivity contribution in [3.05, 3.63) is 107 Å². The molecule has 1 aliphatic carbocycles. The summed E-state index contributed by atoms with van der Waals surface area (Å²) in [7, 11) is 0. The van der Waals surface area contributed by atoms with Crippen molar-refractivity contribution in [2.75, 3.05) is 0 Å². The molecule has 0 radical (unpaired) electrons. The smallest absolute Gasteiger partial charge is 0.305 e. The SMILES string of the molecule is O=C1N(Cc2ccccc2)C(=O)C2(Cc3ccccc3C2)N1Cc1ccccc1. The first-order chi connectivity index (χ1) is 14.2. The molecule has 1 saturated heterocycles. The summed E-state index contributed by atoms with van der Waals surface area (Å²) < 4.78 is 0. The Bertz CT molecular complexity index is 1040. The molecule has 0 bridgehead atoms. The summed E-state index contributed by atoms with van der Waals surface area (Å²) in [5.41, 5.74) is 3.49. The van der Waals surface area contributed by atoms with Gasteiger partial charge in [-0.05, 0) is 22.3 Å². The number of rotatable bonds is 4. The molecule has 0 saturated carbocycles. The van der Waals surface area contributed by atoms with Crippen LogP contribution in [0.25, 0.3) is 0 Å². The molecule has 29 heavy (non-hydrogen) atoms. The lowest BCUT2D eigenvalue weighted by Crippen LogP contribution is -2.50. The second kappa shape index (κ2) is 6.89. The molecular weight excluding hydrogens is 360 g/mol. The highest BCUT2D eigenvalue weighted by molar-refractivity contribution is 6.07. The largest absolute Gasteiger partial charge is 0.328 e. The Morgan fingerprint density at radius 3 is 1.69 bits per heavy atom. The number of carbonyl (C=O) groups excluding carboxylic acids is 2. The summed E-state index contributed by atoms with van der Waals surface area (Å²) in [5, 5.41) is 0. The Morgan fingerprint density at radius 2 is 1.14 bits per heavy atom. The molecule has 1 spiro atoms. The van der Waals surface area contributed by atoms with Crippen molar-refractivity contribution >= 4 is 11.9 Å². The van der Waals surface area contributed by atoms with Gasteiger partial charge in [0.2, 0.25) is 0 Å². The van der Waals surface area contributed by atoms with Gasteiger partial charge in [-0.3, -0.25) is 9.69 Å². The van der Waals surface area contributed by atoms with E-state index < -0.39 is 5.54 Å². The van der Waals surface area contributed by atoms with Gasteiger partial charge in [-0.1, -0.05) is 84.9 Å². The number of nitrogens with zero attached hydrogens (tertiary/aromatic N) is 2. The molecule has 0 unspecified atom stereocenters. The van der Waals surface area contributed by atoms with Gasteiger partial charge in [0.1, 0.15) is 5.54 Å². The molecule has 4 nitrogen and oxygen atoms in total. The van der Waals surface area contributed by atoms with Gasteiger partial charge in [0.15, 0.2) is 0 Å². The molecule has 0 aromatic heterocycles. The minimum absolute atomic E-state index is 0.0847. The maximum absolute atomic E-state index is 13.7. The van der Waals surface area contributed by atoms with Crippen LogP contribution in [0.1, 0.15) is 22.3 Å². The predicted molar refractivity (Wildman–Crippen MR) is 111 cm³/mol. The Labute approximate surface area is 170 Å². The van der Waals surface area contributed by atoms with Crippen molar-refractivity contribution in [1.29, 1.82) is 0 Å². The third kappa shape index (κ3) is 2.92. The van der Waals surface area contributed by atoms with Crippen LogP contribution in [0.15, 0.2) is 84.9 Å². The summed E-state index contributed by atoms with van der Waals surface area (Å²) in [6.07, 6.45) is 1.15. The third-order valence-electron chi connectivity index (χ3n) is 6.07. The Hall–Kier alpha value is -3.40. The van der Waals surface area contributed by atoms with Gasteiger partial charge >= 0.3 is 6.03 Å². The van der Waals surface area contributed by atoms with Gasteiger partial charge < -0.3 is 4.90 Å². The summed E-state index contributed by atoms with van der Waals surface area (Å²) in [6, 6.07) is 27.6. The van der Waals surface area contributed by atoms with Crippen molar-refractivity contribution in [3.63, 3.8) is 0 Å². The standard InChI is InChI=1S/C25H22N2O2/c28-23-25(15-21-13-7-8-14-22(21)16-25)27(18-20-11-5-2-6-12-20)24(29)26(23)17-19-9-3-1-4-10-19/h1-14H,15-18H2. The van der Waals surface area contributed by atoms with Gasteiger partial charge in [-0.2, -0.15) is 0 Å². The molecule has 144 valence electrons. The van der Waals surface area contributed by atoms with E-state index in [1.807, 2.05) is 72.8 Å². The van der Waals surface area contributed by atoms with E-state index in [0.717, 1.165) is 22.3 Å².